The van der Waals surface area contributed by atoms with Crippen LogP contribution < -0.4 is 26.2 Å². The first-order valence-electron chi connectivity index (χ1n) is 16.9. The van der Waals surface area contributed by atoms with E-state index in [9.17, 15) is 14.7 Å². The van der Waals surface area contributed by atoms with Crippen molar-refractivity contribution in [2.24, 2.45) is 0 Å². The van der Waals surface area contributed by atoms with E-state index < -0.39 is 6.10 Å². The monoisotopic (exact) mass is 728 g/mol. The number of methoxy groups -OCH3 is 1. The highest BCUT2D eigenvalue weighted by Crippen LogP contribution is 2.42. The summed E-state index contributed by atoms with van der Waals surface area (Å²) >= 11 is 14.2. The lowest BCUT2D eigenvalue weighted by atomic mass is 9.97. The van der Waals surface area contributed by atoms with E-state index in [0.29, 0.717) is 65.4 Å². The van der Waals surface area contributed by atoms with Gasteiger partial charge in [-0.3, -0.25) is 14.0 Å². The predicted octanol–water partition coefficient (Wildman–Crippen LogP) is 5.01. The summed E-state index contributed by atoms with van der Waals surface area (Å²) in [6.45, 7) is 2.34. The highest BCUT2D eigenvalue weighted by atomic mass is 35.5. The summed E-state index contributed by atoms with van der Waals surface area (Å²) in [7, 11) is 1.59. The van der Waals surface area contributed by atoms with E-state index >= 15 is 0 Å². The Morgan fingerprint density at radius 1 is 0.980 bits per heavy atom. The first kappa shape index (κ1) is 35.1. The molecule has 3 aromatic heterocycles. The largest absolute Gasteiger partial charge is 0.481 e. The van der Waals surface area contributed by atoms with Gasteiger partial charge in [0.2, 0.25) is 11.8 Å². The zero-order valence-corrected chi connectivity index (χ0v) is 29.5. The minimum atomic E-state index is -0.616. The van der Waals surface area contributed by atoms with Gasteiger partial charge in [-0.05, 0) is 36.6 Å². The second kappa shape index (κ2) is 15.5. The third-order valence-electron chi connectivity index (χ3n) is 9.46. The molecular formula is C38H38Cl2N6O5. The molecule has 2 aliphatic rings. The van der Waals surface area contributed by atoms with Crippen LogP contribution in [-0.2, 0) is 22.6 Å². The van der Waals surface area contributed by atoms with Gasteiger partial charge in [0.1, 0.15) is 5.65 Å². The number of aromatic nitrogens is 3. The number of amides is 1. The molecule has 2 aromatic carbocycles. The molecule has 51 heavy (non-hydrogen) atoms. The molecule has 1 amide bonds. The van der Waals surface area contributed by atoms with E-state index in [1.54, 1.807) is 19.5 Å². The normalized spacial score (nSPS) is 19.0. The number of nitrogens with one attached hydrogen (secondary N) is 3. The van der Waals surface area contributed by atoms with Gasteiger partial charge < -0.3 is 30.5 Å². The average Bonchev–Trinajstić information content (AvgIpc) is 3.57. The van der Waals surface area contributed by atoms with Crippen molar-refractivity contribution in [3.63, 3.8) is 0 Å². The lowest BCUT2D eigenvalue weighted by Gasteiger charge is -2.28. The third-order valence-corrected chi connectivity index (χ3v) is 10.3. The van der Waals surface area contributed by atoms with Crippen LogP contribution in [0.5, 0.6) is 5.88 Å². The van der Waals surface area contributed by atoms with Crippen molar-refractivity contribution in [3.05, 3.63) is 105 Å². The van der Waals surface area contributed by atoms with E-state index in [1.807, 2.05) is 60.7 Å². The molecule has 0 bridgehead atoms. The molecule has 0 spiro atoms. The van der Waals surface area contributed by atoms with Crippen molar-refractivity contribution in [3.8, 4) is 39.4 Å². The first-order valence-corrected chi connectivity index (χ1v) is 17.7. The summed E-state index contributed by atoms with van der Waals surface area (Å²) in [6.07, 6.45) is 4.72. The van der Waals surface area contributed by atoms with E-state index in [2.05, 4.69) is 20.9 Å². The van der Waals surface area contributed by atoms with E-state index in [-0.39, 0.29) is 36.7 Å². The zero-order valence-electron chi connectivity index (χ0n) is 28.0. The zero-order chi connectivity index (χ0) is 35.5. The second-order valence-corrected chi connectivity index (χ2v) is 13.5. The molecule has 0 saturated carbocycles. The SMILES string of the molecule is COc1nc(-c2cccc(-c3cccc(-c4ccn5c(=O)c(CN[C@@H]6CCOC[C@@H]6O)cnc5c4)c3Cl)c2Cl)ccc1CNC[C@@H]1CCC(=O)N1. The Balaban J connectivity index is 1.12. The maximum Gasteiger partial charge on any atom is 0.262 e. The number of hydrogen-bond acceptors (Lipinski definition) is 9. The minimum absolute atomic E-state index is 0.0916. The number of benzene rings is 2. The second-order valence-electron chi connectivity index (χ2n) is 12.8. The molecular weight excluding hydrogens is 691 g/mol. The molecule has 0 unspecified atom stereocenters. The molecule has 11 nitrogen and oxygen atoms in total. The van der Waals surface area contributed by atoms with Crippen molar-refractivity contribution >= 4 is 34.8 Å². The third kappa shape index (κ3) is 7.50. The van der Waals surface area contributed by atoms with Gasteiger partial charge in [-0.15, -0.1) is 0 Å². The van der Waals surface area contributed by atoms with E-state index in [0.717, 1.165) is 39.8 Å². The van der Waals surface area contributed by atoms with Gasteiger partial charge in [-0.1, -0.05) is 65.7 Å². The first-order chi connectivity index (χ1) is 24.8. The lowest BCUT2D eigenvalue weighted by Crippen LogP contribution is -2.46. The summed E-state index contributed by atoms with van der Waals surface area (Å²) in [5, 5.41) is 20.8. The van der Waals surface area contributed by atoms with Crippen LogP contribution in [-0.4, -0.2) is 70.4 Å². The number of halogens is 2. The summed E-state index contributed by atoms with van der Waals surface area (Å²) in [4.78, 5) is 34.2. The van der Waals surface area contributed by atoms with Gasteiger partial charge in [0.05, 0.1) is 41.1 Å². The lowest BCUT2D eigenvalue weighted by molar-refractivity contribution is -0.119. The van der Waals surface area contributed by atoms with Gasteiger partial charge in [-0.25, -0.2) is 9.97 Å². The number of ether oxygens (including phenoxy) is 2. The van der Waals surface area contributed by atoms with Crippen molar-refractivity contribution in [1.29, 1.82) is 0 Å². The highest BCUT2D eigenvalue weighted by Gasteiger charge is 2.24. The van der Waals surface area contributed by atoms with Crippen molar-refractivity contribution in [2.45, 2.75) is 50.5 Å². The van der Waals surface area contributed by atoms with Crippen LogP contribution in [0.3, 0.4) is 0 Å². The Kier molecular flexibility index (Phi) is 10.6. The van der Waals surface area contributed by atoms with Gasteiger partial charge in [-0.2, -0.15) is 0 Å². The van der Waals surface area contributed by atoms with Crippen LogP contribution in [0.1, 0.15) is 30.4 Å². The Hall–Kier alpha value is -4.36. The number of carbonyl (C=O) groups is 1. The van der Waals surface area contributed by atoms with Gasteiger partial charge in [0.15, 0.2) is 0 Å². The smallest absolute Gasteiger partial charge is 0.262 e. The number of carbonyl (C=O) groups excluding carboxylic acids is 1. The molecule has 2 aliphatic heterocycles. The number of hydrogen-bond donors (Lipinski definition) is 4. The number of fused-ring (bicyclic) bond motifs is 1. The minimum Gasteiger partial charge on any atom is -0.481 e. The Labute approximate surface area is 305 Å². The van der Waals surface area contributed by atoms with Gasteiger partial charge in [0.25, 0.3) is 5.56 Å². The van der Waals surface area contributed by atoms with Crippen molar-refractivity contribution in [1.82, 2.24) is 30.3 Å². The Morgan fingerprint density at radius 2 is 1.75 bits per heavy atom. The van der Waals surface area contributed by atoms with Crippen molar-refractivity contribution < 1.29 is 19.4 Å². The molecule has 2 saturated heterocycles. The summed E-state index contributed by atoms with van der Waals surface area (Å²) in [5.41, 5.74) is 6.13. The number of rotatable bonds is 11. The molecule has 3 atom stereocenters. The molecule has 2 fully saturated rings. The fourth-order valence-electron chi connectivity index (χ4n) is 6.65. The van der Waals surface area contributed by atoms with E-state index in [1.165, 1.54) is 4.40 Å². The standard InChI is InChI=1S/C38H38Cl2N6O5/c1-50-37-23(17-41-20-25-9-11-34(48)44-25)8-10-30(45-37)29-7-3-6-28(36(29)40)27-5-2-4-26(35(27)39)22-12-14-46-33(16-22)43-19-24(38(46)49)18-42-31-13-15-51-21-32(31)47/h2-8,10,12,14,16,19,25,31-32,41-42,47H,9,11,13,15,17-18,20-21H2,1H3,(H,44,48)/t25-,31+,32-/m0/s1. The molecule has 13 heteroatoms. The van der Waals surface area contributed by atoms with Crippen LogP contribution in [0.4, 0.5) is 0 Å². The van der Waals surface area contributed by atoms with Crippen LogP contribution in [0.25, 0.3) is 39.2 Å². The quantitative estimate of drug-likeness (QED) is 0.148. The average molecular weight is 730 g/mol. The maximum atomic E-state index is 13.3. The molecule has 0 radical (unpaired) electrons. The van der Waals surface area contributed by atoms with Crippen molar-refractivity contribution in [2.75, 3.05) is 26.9 Å². The van der Waals surface area contributed by atoms with Crippen LogP contribution >= 0.6 is 23.2 Å². The highest BCUT2D eigenvalue weighted by molar-refractivity contribution is 6.39. The Morgan fingerprint density at radius 3 is 2.49 bits per heavy atom. The summed E-state index contributed by atoms with van der Waals surface area (Å²) in [5.74, 6) is 0.580. The molecule has 5 aromatic rings. The van der Waals surface area contributed by atoms with Gasteiger partial charge in [0, 0.05) is 85.0 Å². The van der Waals surface area contributed by atoms with Crippen LogP contribution in [0, 0.1) is 0 Å². The number of aliphatic hydroxyl groups is 1. The molecule has 7 rings (SSSR count). The predicted molar refractivity (Wildman–Crippen MR) is 197 cm³/mol. The van der Waals surface area contributed by atoms with Gasteiger partial charge >= 0.3 is 0 Å². The molecule has 5 heterocycles. The molecule has 0 aliphatic carbocycles. The van der Waals surface area contributed by atoms with E-state index in [4.69, 9.17) is 37.7 Å². The van der Waals surface area contributed by atoms with Crippen LogP contribution in [0.2, 0.25) is 10.0 Å². The van der Waals surface area contributed by atoms with Crippen LogP contribution in [0.15, 0.2) is 77.9 Å². The maximum absolute atomic E-state index is 13.3. The summed E-state index contributed by atoms with van der Waals surface area (Å²) in [6, 6.07) is 19.1. The number of pyridine rings is 2. The molecule has 264 valence electrons. The number of nitrogens with zero attached hydrogens (tertiary/aromatic N) is 3. The topological polar surface area (TPSA) is 139 Å². The fraction of sp³-hybridized carbons (Fsp3) is 0.316. The summed E-state index contributed by atoms with van der Waals surface area (Å²) < 4.78 is 12.5. The fourth-order valence-corrected chi connectivity index (χ4v) is 7.31. The Bertz CT molecular complexity index is 2140. The molecule has 4 N–H and O–H groups in total. The number of aliphatic hydroxyl groups excluding tert-OH is 1.